The number of fused-ring (bicyclic) bond motifs is 1. The summed E-state index contributed by atoms with van der Waals surface area (Å²) in [5.74, 6) is -2.36. The van der Waals surface area contributed by atoms with Crippen LogP contribution in [0.1, 0.15) is 13.8 Å². The first-order valence-corrected chi connectivity index (χ1v) is 5.80. The van der Waals surface area contributed by atoms with Gasteiger partial charge in [-0.15, -0.1) is 0 Å². The van der Waals surface area contributed by atoms with Gasteiger partial charge >= 0.3 is 11.9 Å². The predicted molar refractivity (Wildman–Crippen MR) is 67.0 cm³/mol. The molecule has 2 heterocycles. The molecule has 1 aromatic rings. The SMILES string of the molecule is CC1(C)OC(=O)C(=C2Nc3ccccc3N2)C(=O)O1. The Hall–Kier alpha value is -2.50. The summed E-state index contributed by atoms with van der Waals surface area (Å²) < 4.78 is 10.1. The molecule has 0 aliphatic carbocycles. The fraction of sp³-hybridized carbons (Fsp3) is 0.231. The number of para-hydroxylation sites is 2. The second-order valence-electron chi connectivity index (χ2n) is 4.72. The van der Waals surface area contributed by atoms with Crippen LogP contribution in [-0.2, 0) is 19.1 Å². The first-order valence-electron chi connectivity index (χ1n) is 5.80. The van der Waals surface area contributed by atoms with Crippen LogP contribution in [0.25, 0.3) is 0 Å². The highest BCUT2D eigenvalue weighted by Crippen LogP contribution is 2.33. The van der Waals surface area contributed by atoms with Crippen molar-refractivity contribution in [3.63, 3.8) is 0 Å². The highest BCUT2D eigenvalue weighted by Gasteiger charge is 2.42. The van der Waals surface area contributed by atoms with Crippen LogP contribution in [0.15, 0.2) is 35.7 Å². The maximum atomic E-state index is 11.9. The van der Waals surface area contributed by atoms with Crippen molar-refractivity contribution in [3.8, 4) is 0 Å². The van der Waals surface area contributed by atoms with Gasteiger partial charge in [0.2, 0.25) is 0 Å². The molecule has 0 bridgehead atoms. The molecule has 98 valence electrons. The van der Waals surface area contributed by atoms with Crippen molar-refractivity contribution in [2.75, 3.05) is 10.6 Å². The third-order valence-corrected chi connectivity index (χ3v) is 2.78. The molecule has 0 atom stereocenters. The molecule has 19 heavy (non-hydrogen) atoms. The summed E-state index contributed by atoms with van der Waals surface area (Å²) in [5, 5.41) is 5.92. The number of carbonyl (C=O) groups excluding carboxylic acids is 2. The summed E-state index contributed by atoms with van der Waals surface area (Å²) in [4.78, 5) is 23.8. The lowest BCUT2D eigenvalue weighted by molar-refractivity contribution is -0.222. The smallest absolute Gasteiger partial charge is 0.352 e. The molecule has 0 unspecified atom stereocenters. The third kappa shape index (κ3) is 1.91. The fourth-order valence-electron chi connectivity index (χ4n) is 1.98. The van der Waals surface area contributed by atoms with Crippen molar-refractivity contribution in [3.05, 3.63) is 35.7 Å². The van der Waals surface area contributed by atoms with E-state index in [-0.39, 0.29) is 11.4 Å². The number of hydrogen-bond donors (Lipinski definition) is 2. The normalized spacial score (nSPS) is 20.1. The summed E-state index contributed by atoms with van der Waals surface area (Å²) in [6.45, 7) is 3.02. The van der Waals surface area contributed by atoms with Crippen LogP contribution in [0.5, 0.6) is 0 Å². The van der Waals surface area contributed by atoms with Gasteiger partial charge in [-0.2, -0.15) is 0 Å². The van der Waals surface area contributed by atoms with E-state index in [2.05, 4.69) is 10.6 Å². The minimum atomic E-state index is -1.23. The second kappa shape index (κ2) is 3.74. The highest BCUT2D eigenvalue weighted by atomic mass is 16.7. The summed E-state index contributed by atoms with van der Waals surface area (Å²) in [6, 6.07) is 7.36. The molecule has 1 aromatic carbocycles. The van der Waals surface area contributed by atoms with E-state index in [9.17, 15) is 9.59 Å². The monoisotopic (exact) mass is 260 g/mol. The summed E-state index contributed by atoms with van der Waals surface area (Å²) in [6.07, 6.45) is 0. The van der Waals surface area contributed by atoms with Gasteiger partial charge in [0, 0.05) is 13.8 Å². The van der Waals surface area contributed by atoms with Gasteiger partial charge in [-0.05, 0) is 12.1 Å². The number of benzene rings is 1. The first-order chi connectivity index (χ1) is 8.96. The molecule has 6 nitrogen and oxygen atoms in total. The highest BCUT2D eigenvalue weighted by molar-refractivity contribution is 6.17. The van der Waals surface area contributed by atoms with Gasteiger partial charge in [0.1, 0.15) is 5.82 Å². The summed E-state index contributed by atoms with van der Waals surface area (Å²) in [5.41, 5.74) is 1.42. The Morgan fingerprint density at radius 3 is 1.89 bits per heavy atom. The Balaban J connectivity index is 1.98. The zero-order valence-electron chi connectivity index (χ0n) is 10.4. The summed E-state index contributed by atoms with van der Waals surface area (Å²) >= 11 is 0. The van der Waals surface area contributed by atoms with E-state index in [0.29, 0.717) is 0 Å². The molecular weight excluding hydrogens is 248 g/mol. The largest absolute Gasteiger partial charge is 0.419 e. The third-order valence-electron chi connectivity index (χ3n) is 2.78. The average Bonchev–Trinajstić information content (AvgIpc) is 2.68. The van der Waals surface area contributed by atoms with Gasteiger partial charge in [-0.3, -0.25) is 0 Å². The van der Waals surface area contributed by atoms with E-state index in [4.69, 9.17) is 9.47 Å². The number of carbonyl (C=O) groups is 2. The van der Waals surface area contributed by atoms with Crippen LogP contribution >= 0.6 is 0 Å². The number of rotatable bonds is 0. The minimum absolute atomic E-state index is 0.157. The number of hydrogen-bond acceptors (Lipinski definition) is 6. The van der Waals surface area contributed by atoms with E-state index in [1.54, 1.807) is 0 Å². The van der Waals surface area contributed by atoms with Crippen LogP contribution in [0.2, 0.25) is 0 Å². The molecular formula is C13H12N2O4. The van der Waals surface area contributed by atoms with Crippen molar-refractivity contribution in [2.45, 2.75) is 19.6 Å². The molecule has 2 N–H and O–H groups in total. The van der Waals surface area contributed by atoms with E-state index in [1.807, 2.05) is 24.3 Å². The number of esters is 2. The number of ether oxygens (including phenoxy) is 2. The number of cyclic esters (lactones) is 2. The van der Waals surface area contributed by atoms with E-state index in [0.717, 1.165) is 11.4 Å². The van der Waals surface area contributed by atoms with Crippen molar-refractivity contribution in [1.29, 1.82) is 0 Å². The average molecular weight is 260 g/mol. The van der Waals surface area contributed by atoms with E-state index in [1.165, 1.54) is 13.8 Å². The lowest BCUT2D eigenvalue weighted by Crippen LogP contribution is -2.43. The lowest BCUT2D eigenvalue weighted by Gasteiger charge is -2.30. The van der Waals surface area contributed by atoms with Crippen molar-refractivity contribution in [2.24, 2.45) is 0 Å². The Morgan fingerprint density at radius 1 is 0.947 bits per heavy atom. The molecule has 0 amide bonds. The Morgan fingerprint density at radius 2 is 1.42 bits per heavy atom. The fourth-order valence-corrected chi connectivity index (χ4v) is 1.98. The van der Waals surface area contributed by atoms with Gasteiger partial charge in [-0.25, -0.2) is 9.59 Å². The zero-order chi connectivity index (χ0) is 13.6. The molecule has 6 heteroatoms. The maximum Gasteiger partial charge on any atom is 0.352 e. The summed E-state index contributed by atoms with van der Waals surface area (Å²) in [7, 11) is 0. The molecule has 1 fully saturated rings. The number of nitrogens with one attached hydrogen (secondary N) is 2. The molecule has 2 aliphatic heterocycles. The Bertz CT molecular complexity index is 570. The van der Waals surface area contributed by atoms with Gasteiger partial charge < -0.3 is 20.1 Å². The molecule has 0 radical (unpaired) electrons. The van der Waals surface area contributed by atoms with Crippen LogP contribution in [0.3, 0.4) is 0 Å². The van der Waals surface area contributed by atoms with Gasteiger partial charge in [0.25, 0.3) is 5.79 Å². The topological polar surface area (TPSA) is 76.7 Å². The van der Waals surface area contributed by atoms with Crippen LogP contribution in [0, 0.1) is 0 Å². The standard InChI is InChI=1S/C13H12N2O4/c1-13(2)18-11(16)9(12(17)19-13)10-14-7-5-3-4-6-8(7)15-10/h3-6,14-15H,1-2H3. The van der Waals surface area contributed by atoms with Gasteiger partial charge in [0.05, 0.1) is 11.4 Å². The maximum absolute atomic E-state index is 11.9. The molecule has 0 aromatic heterocycles. The number of anilines is 2. The lowest BCUT2D eigenvalue weighted by atomic mass is 10.2. The van der Waals surface area contributed by atoms with E-state index < -0.39 is 17.7 Å². The van der Waals surface area contributed by atoms with Crippen molar-refractivity contribution < 1.29 is 19.1 Å². The molecule has 1 saturated heterocycles. The first kappa shape index (κ1) is 11.6. The van der Waals surface area contributed by atoms with E-state index >= 15 is 0 Å². The van der Waals surface area contributed by atoms with Gasteiger partial charge in [0.15, 0.2) is 5.57 Å². The van der Waals surface area contributed by atoms with Crippen molar-refractivity contribution in [1.82, 2.24) is 0 Å². The zero-order valence-corrected chi connectivity index (χ0v) is 10.4. The molecule has 2 aliphatic rings. The Labute approximate surface area is 109 Å². The molecule has 0 saturated carbocycles. The molecule has 0 spiro atoms. The van der Waals surface area contributed by atoms with Gasteiger partial charge in [-0.1, -0.05) is 12.1 Å². The molecule has 3 rings (SSSR count). The predicted octanol–water partition coefficient (Wildman–Crippen LogP) is 1.57. The van der Waals surface area contributed by atoms with Crippen LogP contribution < -0.4 is 10.6 Å². The quantitative estimate of drug-likeness (QED) is 0.419. The Kier molecular flexibility index (Phi) is 2.28. The second-order valence-corrected chi connectivity index (χ2v) is 4.72. The van der Waals surface area contributed by atoms with Crippen LogP contribution in [-0.4, -0.2) is 17.7 Å². The van der Waals surface area contributed by atoms with Crippen LogP contribution in [0.4, 0.5) is 11.4 Å². The minimum Gasteiger partial charge on any atom is -0.419 e. The van der Waals surface area contributed by atoms with Crippen molar-refractivity contribution >= 4 is 23.3 Å².